The molecule has 6 heteroatoms. The van der Waals surface area contributed by atoms with Crippen LogP contribution in [0.1, 0.15) is 0 Å². The Morgan fingerprint density at radius 2 is 0.885 bits per heavy atom. The molecule has 0 radical (unpaired) electrons. The summed E-state index contributed by atoms with van der Waals surface area (Å²) in [6.45, 7) is 0. The molecule has 5 aliphatic rings. The van der Waals surface area contributed by atoms with Crippen LogP contribution >= 0.6 is 0 Å². The van der Waals surface area contributed by atoms with Crippen LogP contribution in [0, 0.1) is 0 Å². The number of anilines is 9. The predicted octanol–water partition coefficient (Wildman–Crippen LogP) is 9.78. The van der Waals surface area contributed by atoms with Crippen molar-refractivity contribution in [2.75, 3.05) is 14.7 Å². The zero-order valence-corrected chi connectivity index (χ0v) is 29.8. The van der Waals surface area contributed by atoms with Gasteiger partial charge in [0.2, 0.25) is 0 Å². The molecule has 5 nitrogen and oxygen atoms in total. The van der Waals surface area contributed by atoms with E-state index in [0.717, 1.165) is 51.4 Å². The van der Waals surface area contributed by atoms with Gasteiger partial charge in [0.15, 0.2) is 0 Å². The van der Waals surface area contributed by atoms with E-state index in [2.05, 4.69) is 178 Å². The van der Waals surface area contributed by atoms with E-state index >= 15 is 0 Å². The van der Waals surface area contributed by atoms with Crippen molar-refractivity contribution in [3.05, 3.63) is 164 Å². The maximum atomic E-state index is 6.91. The van der Waals surface area contributed by atoms with Crippen molar-refractivity contribution >= 4 is 92.8 Å². The summed E-state index contributed by atoms with van der Waals surface area (Å²) in [4.78, 5) is 7.57. The van der Waals surface area contributed by atoms with Gasteiger partial charge in [-0.3, -0.25) is 0 Å². The van der Waals surface area contributed by atoms with Gasteiger partial charge in [-0.25, -0.2) is 0 Å². The van der Waals surface area contributed by atoms with Crippen molar-refractivity contribution in [2.45, 2.75) is 0 Å². The minimum atomic E-state index is -4.01. The number of fused-ring (bicyclic) bond motifs is 8. The quantitative estimate of drug-likeness (QED) is 0.166. The second-order valence-corrected chi connectivity index (χ2v) is 21.6. The average molecular weight is 726 g/mol. The second kappa shape index (κ2) is 9.46. The van der Waals surface area contributed by atoms with Gasteiger partial charge < -0.3 is 0 Å². The molecular formula is C46H27GeN3O2. The molecule has 5 heterocycles. The summed E-state index contributed by atoms with van der Waals surface area (Å²) in [5, 5.41) is 2.46. The summed E-state index contributed by atoms with van der Waals surface area (Å²) in [5.41, 5.74) is 10.5. The third kappa shape index (κ3) is 3.06. The van der Waals surface area contributed by atoms with Crippen LogP contribution in [0.5, 0.6) is 23.0 Å². The molecule has 0 saturated carbocycles. The minimum absolute atomic E-state index is 0.858. The van der Waals surface area contributed by atoms with Crippen molar-refractivity contribution in [1.29, 1.82) is 0 Å². The summed E-state index contributed by atoms with van der Waals surface area (Å²) in [5.74, 6) is 3.51. The Kier molecular flexibility index (Phi) is 4.97. The molecule has 52 heavy (non-hydrogen) atoms. The number of hydrogen-bond acceptors (Lipinski definition) is 5. The molecule has 0 saturated heterocycles. The molecule has 0 aliphatic carbocycles. The van der Waals surface area contributed by atoms with Gasteiger partial charge in [0, 0.05) is 0 Å². The van der Waals surface area contributed by atoms with Crippen LogP contribution in [0.25, 0.3) is 10.8 Å². The van der Waals surface area contributed by atoms with Crippen LogP contribution in [0.15, 0.2) is 164 Å². The van der Waals surface area contributed by atoms with Crippen LogP contribution < -0.4 is 41.8 Å². The topological polar surface area (TPSA) is 28.2 Å². The van der Waals surface area contributed by atoms with Crippen molar-refractivity contribution in [2.24, 2.45) is 0 Å². The third-order valence-electron chi connectivity index (χ3n) is 11.6. The molecule has 0 fully saturated rings. The number of rotatable bonds is 2. The third-order valence-corrected chi connectivity index (χ3v) is 22.0. The van der Waals surface area contributed by atoms with Gasteiger partial charge in [-0.15, -0.1) is 0 Å². The Hall–Kier alpha value is -6.44. The molecule has 242 valence electrons. The van der Waals surface area contributed by atoms with Crippen molar-refractivity contribution in [1.82, 2.24) is 0 Å². The molecule has 8 aromatic carbocycles. The summed E-state index contributed by atoms with van der Waals surface area (Å²) >= 11 is -4.01. The van der Waals surface area contributed by atoms with Gasteiger partial charge in [0.25, 0.3) is 0 Å². The van der Waals surface area contributed by atoms with E-state index in [-0.39, 0.29) is 0 Å². The van der Waals surface area contributed by atoms with E-state index in [1.165, 1.54) is 51.1 Å². The van der Waals surface area contributed by atoms with Gasteiger partial charge in [-0.1, -0.05) is 0 Å². The molecule has 0 amide bonds. The van der Waals surface area contributed by atoms with Gasteiger partial charge in [0.1, 0.15) is 0 Å². The number of nitrogens with zero attached hydrogens (tertiary/aromatic N) is 3. The zero-order chi connectivity index (χ0) is 33.7. The number of hydrogen-bond donors (Lipinski definition) is 0. The first-order chi connectivity index (χ1) is 25.8. The average Bonchev–Trinajstić information content (AvgIpc) is 3.21. The van der Waals surface area contributed by atoms with Crippen LogP contribution in [0.4, 0.5) is 51.2 Å². The zero-order valence-electron chi connectivity index (χ0n) is 27.7. The fourth-order valence-electron chi connectivity index (χ4n) is 9.83. The first-order valence-electron chi connectivity index (χ1n) is 17.8. The Morgan fingerprint density at radius 1 is 0.365 bits per heavy atom. The van der Waals surface area contributed by atoms with Crippen molar-refractivity contribution < 1.29 is 9.47 Å². The summed E-state index contributed by atoms with van der Waals surface area (Å²) in [6.07, 6.45) is 0. The first kappa shape index (κ1) is 27.3. The Balaban J connectivity index is 1.33. The molecular weight excluding hydrogens is 699 g/mol. The van der Waals surface area contributed by atoms with Gasteiger partial charge in [0.05, 0.1) is 0 Å². The molecule has 13 rings (SSSR count). The molecule has 0 N–H and O–H groups in total. The van der Waals surface area contributed by atoms with Gasteiger partial charge in [-0.2, -0.15) is 0 Å². The molecule has 1 atom stereocenters. The Bertz CT molecular complexity index is 2890. The normalized spacial score (nSPS) is 17.1. The van der Waals surface area contributed by atoms with Crippen LogP contribution in [0.3, 0.4) is 0 Å². The van der Waals surface area contributed by atoms with Crippen molar-refractivity contribution in [3.8, 4) is 23.0 Å². The Labute approximate surface area is 302 Å². The molecule has 0 spiro atoms. The van der Waals surface area contributed by atoms with E-state index in [0.29, 0.717) is 0 Å². The van der Waals surface area contributed by atoms with E-state index in [9.17, 15) is 0 Å². The van der Waals surface area contributed by atoms with Crippen LogP contribution in [0.2, 0.25) is 0 Å². The molecule has 0 bridgehead atoms. The number of benzene rings is 8. The predicted molar refractivity (Wildman–Crippen MR) is 212 cm³/mol. The SMILES string of the molecule is c1ccc(N2c3ccc4c5[c]3[Ge]3([c]6ccccc6)[c]6c(ccc7c6N(c6ccccc6O7)c6cc7ccccc7c2[c]63)N5c2ccccc2O4)cc1. The summed E-state index contributed by atoms with van der Waals surface area (Å²) in [7, 11) is 0. The maximum absolute atomic E-state index is 6.91. The first-order valence-corrected chi connectivity index (χ1v) is 22.0. The molecule has 5 aliphatic heterocycles. The standard InChI is InChI=1S/C46H27GeN3O2/c1-3-14-29(15-4-1)47-41-34-23-25-39-45(41)49(32-19-9-11-21-37(32)51-39)35-24-26-40-46(42(35)47)50(33-20-10-12-22-38(33)52-40)36-27-28-13-7-8-18-31(28)44(43(36)47)48(34)30-16-5-2-6-17-30/h1-27H. The molecule has 0 aromatic heterocycles. The number of ether oxygens (including phenoxy) is 2. The second-order valence-electron chi connectivity index (χ2n) is 14.1. The fourth-order valence-corrected chi connectivity index (χ4v) is 22.0. The van der Waals surface area contributed by atoms with E-state index in [1.54, 1.807) is 0 Å². The van der Waals surface area contributed by atoms with Gasteiger partial charge >= 0.3 is 304 Å². The van der Waals surface area contributed by atoms with Crippen molar-refractivity contribution in [3.63, 3.8) is 0 Å². The summed E-state index contributed by atoms with van der Waals surface area (Å²) < 4.78 is 19.4. The molecule has 8 aromatic rings. The summed E-state index contributed by atoms with van der Waals surface area (Å²) in [6, 6.07) is 59.7. The monoisotopic (exact) mass is 727 g/mol. The van der Waals surface area contributed by atoms with Crippen LogP contribution in [-0.2, 0) is 0 Å². The van der Waals surface area contributed by atoms with E-state index < -0.39 is 13.3 Å². The van der Waals surface area contributed by atoms with E-state index in [4.69, 9.17) is 9.47 Å². The molecule has 1 unspecified atom stereocenters. The fraction of sp³-hybridized carbons (Fsp3) is 0. The Morgan fingerprint density at radius 3 is 1.56 bits per heavy atom. The van der Waals surface area contributed by atoms with Crippen LogP contribution in [-0.4, -0.2) is 13.3 Å². The van der Waals surface area contributed by atoms with Gasteiger partial charge in [-0.05, 0) is 0 Å². The number of para-hydroxylation sites is 5. The van der Waals surface area contributed by atoms with E-state index in [1.807, 2.05) is 0 Å².